The first kappa shape index (κ1) is 16.5. The maximum atomic E-state index is 9.86. The molecule has 1 aromatic rings. The summed E-state index contributed by atoms with van der Waals surface area (Å²) in [6.07, 6.45) is 0. The Hall–Kier alpha value is -0.900. The number of nitrogens with one attached hydrogen (secondary N) is 1. The molecule has 3 heteroatoms. The van der Waals surface area contributed by atoms with E-state index in [0.29, 0.717) is 5.92 Å². The Bertz CT molecular complexity index is 433. The summed E-state index contributed by atoms with van der Waals surface area (Å²) in [5, 5.41) is 13.3. The van der Waals surface area contributed by atoms with Crippen LogP contribution in [-0.2, 0) is 0 Å². The van der Waals surface area contributed by atoms with Crippen molar-refractivity contribution in [1.82, 2.24) is 10.2 Å². The smallest absolute Gasteiger partial charge is 0.0500 e. The summed E-state index contributed by atoms with van der Waals surface area (Å²) >= 11 is 0. The first-order valence-corrected chi connectivity index (χ1v) is 8.11. The third-order valence-electron chi connectivity index (χ3n) is 4.58. The Kier molecular flexibility index (Phi) is 5.42. The Morgan fingerprint density at radius 3 is 2.10 bits per heavy atom. The van der Waals surface area contributed by atoms with Gasteiger partial charge in [0.25, 0.3) is 0 Å². The van der Waals surface area contributed by atoms with Crippen LogP contribution >= 0.6 is 0 Å². The number of hydrogen-bond acceptors (Lipinski definition) is 3. The Balaban J connectivity index is 2.29. The molecule has 1 fully saturated rings. The molecule has 0 radical (unpaired) electrons. The minimum atomic E-state index is -0.142. The highest BCUT2D eigenvalue weighted by atomic mass is 16.3. The molecular formula is C18H30N2O. The van der Waals surface area contributed by atoms with Gasteiger partial charge in [-0.1, -0.05) is 52.0 Å². The lowest BCUT2D eigenvalue weighted by Gasteiger charge is -2.43. The molecule has 1 saturated heterocycles. The van der Waals surface area contributed by atoms with Crippen molar-refractivity contribution in [3.8, 4) is 0 Å². The fraction of sp³-hybridized carbons (Fsp3) is 0.667. The molecule has 0 aliphatic carbocycles. The van der Waals surface area contributed by atoms with Crippen molar-refractivity contribution in [2.75, 3.05) is 32.8 Å². The molecule has 0 saturated carbocycles. The van der Waals surface area contributed by atoms with Crippen LogP contribution < -0.4 is 5.32 Å². The summed E-state index contributed by atoms with van der Waals surface area (Å²) in [6, 6.07) is 9.25. The molecule has 0 unspecified atom stereocenters. The largest absolute Gasteiger partial charge is 0.396 e. The van der Waals surface area contributed by atoms with Gasteiger partial charge in [-0.05, 0) is 17.0 Å². The van der Waals surface area contributed by atoms with Crippen LogP contribution in [0.25, 0.3) is 0 Å². The molecule has 1 atom stereocenters. The van der Waals surface area contributed by atoms with Gasteiger partial charge in [0.1, 0.15) is 0 Å². The van der Waals surface area contributed by atoms with E-state index in [1.165, 1.54) is 11.1 Å². The molecule has 1 aliphatic rings. The third-order valence-corrected chi connectivity index (χ3v) is 4.58. The van der Waals surface area contributed by atoms with Crippen LogP contribution in [0.1, 0.15) is 50.8 Å². The Labute approximate surface area is 129 Å². The highest BCUT2D eigenvalue weighted by Crippen LogP contribution is 2.38. The zero-order chi connectivity index (χ0) is 15.5. The van der Waals surface area contributed by atoms with E-state index in [2.05, 4.69) is 62.2 Å². The third kappa shape index (κ3) is 3.85. The molecule has 0 bridgehead atoms. The predicted molar refractivity (Wildman–Crippen MR) is 88.6 cm³/mol. The van der Waals surface area contributed by atoms with E-state index in [1.807, 2.05) is 0 Å². The number of rotatable bonds is 5. The van der Waals surface area contributed by atoms with Crippen LogP contribution in [0.2, 0.25) is 0 Å². The first-order chi connectivity index (χ1) is 9.95. The molecule has 2 N–H and O–H groups in total. The second-order valence-electron chi connectivity index (χ2n) is 7.16. The number of nitrogens with zero attached hydrogens (tertiary/aromatic N) is 1. The Morgan fingerprint density at radius 1 is 1.10 bits per heavy atom. The van der Waals surface area contributed by atoms with E-state index in [4.69, 9.17) is 0 Å². The van der Waals surface area contributed by atoms with Crippen LogP contribution in [0, 0.1) is 5.41 Å². The summed E-state index contributed by atoms with van der Waals surface area (Å²) in [7, 11) is 0. The monoisotopic (exact) mass is 290 g/mol. The van der Waals surface area contributed by atoms with Crippen LogP contribution in [0.3, 0.4) is 0 Å². The van der Waals surface area contributed by atoms with Gasteiger partial charge in [-0.2, -0.15) is 0 Å². The quantitative estimate of drug-likeness (QED) is 0.875. The standard InChI is InChI=1S/C18H30N2O/c1-14(2)15-5-7-16(8-6-15)17(18(3,4)13-21)20-11-9-19-10-12-20/h5-8,14,17,19,21H,9-13H2,1-4H3/t17-/m1/s1. The lowest BCUT2D eigenvalue weighted by molar-refractivity contribution is 0.0305. The molecule has 1 aromatic carbocycles. The topological polar surface area (TPSA) is 35.5 Å². The van der Waals surface area contributed by atoms with E-state index < -0.39 is 0 Å². The second-order valence-corrected chi connectivity index (χ2v) is 7.16. The van der Waals surface area contributed by atoms with E-state index in [0.717, 1.165) is 26.2 Å². The average Bonchev–Trinajstić information content (AvgIpc) is 2.49. The summed E-state index contributed by atoms with van der Waals surface area (Å²) in [6.45, 7) is 13.1. The summed E-state index contributed by atoms with van der Waals surface area (Å²) < 4.78 is 0. The fourth-order valence-corrected chi connectivity index (χ4v) is 3.25. The number of benzene rings is 1. The number of aliphatic hydroxyl groups excluding tert-OH is 1. The molecule has 21 heavy (non-hydrogen) atoms. The van der Waals surface area contributed by atoms with E-state index in [1.54, 1.807) is 0 Å². The number of aliphatic hydroxyl groups is 1. The zero-order valence-corrected chi connectivity index (χ0v) is 13.9. The van der Waals surface area contributed by atoms with Crippen molar-refractivity contribution in [1.29, 1.82) is 0 Å². The molecule has 3 nitrogen and oxygen atoms in total. The van der Waals surface area contributed by atoms with Gasteiger partial charge in [0.15, 0.2) is 0 Å². The zero-order valence-electron chi connectivity index (χ0n) is 13.9. The van der Waals surface area contributed by atoms with Gasteiger partial charge in [0, 0.05) is 44.2 Å². The molecule has 2 rings (SSSR count). The van der Waals surface area contributed by atoms with E-state index in [-0.39, 0.29) is 18.1 Å². The van der Waals surface area contributed by atoms with Gasteiger partial charge in [0.05, 0.1) is 0 Å². The van der Waals surface area contributed by atoms with Crippen LogP contribution in [0.15, 0.2) is 24.3 Å². The fourth-order valence-electron chi connectivity index (χ4n) is 3.25. The summed E-state index contributed by atoms with van der Waals surface area (Å²) in [5.41, 5.74) is 2.55. The van der Waals surface area contributed by atoms with Gasteiger partial charge in [-0.3, -0.25) is 4.90 Å². The number of hydrogen-bond donors (Lipinski definition) is 2. The van der Waals surface area contributed by atoms with Crippen molar-refractivity contribution >= 4 is 0 Å². The van der Waals surface area contributed by atoms with Gasteiger partial charge in [0.2, 0.25) is 0 Å². The number of piperazine rings is 1. The molecule has 1 heterocycles. The van der Waals surface area contributed by atoms with Crippen molar-refractivity contribution in [2.45, 2.75) is 39.7 Å². The van der Waals surface area contributed by atoms with Crippen LogP contribution in [0.5, 0.6) is 0 Å². The van der Waals surface area contributed by atoms with Crippen molar-refractivity contribution in [3.63, 3.8) is 0 Å². The molecule has 0 spiro atoms. The normalized spacial score (nSPS) is 19.0. The van der Waals surface area contributed by atoms with E-state index in [9.17, 15) is 5.11 Å². The predicted octanol–water partition coefficient (Wildman–Crippen LogP) is 2.77. The molecule has 0 amide bonds. The van der Waals surface area contributed by atoms with Crippen LogP contribution in [0.4, 0.5) is 0 Å². The van der Waals surface area contributed by atoms with E-state index >= 15 is 0 Å². The van der Waals surface area contributed by atoms with Gasteiger partial charge in [-0.15, -0.1) is 0 Å². The van der Waals surface area contributed by atoms with Gasteiger partial charge < -0.3 is 10.4 Å². The summed E-state index contributed by atoms with van der Waals surface area (Å²) in [4.78, 5) is 2.51. The molecule has 118 valence electrons. The highest BCUT2D eigenvalue weighted by Gasteiger charge is 2.35. The summed E-state index contributed by atoms with van der Waals surface area (Å²) in [5.74, 6) is 0.558. The average molecular weight is 290 g/mol. The molecular weight excluding hydrogens is 260 g/mol. The van der Waals surface area contributed by atoms with Crippen molar-refractivity contribution < 1.29 is 5.11 Å². The van der Waals surface area contributed by atoms with Gasteiger partial charge >= 0.3 is 0 Å². The Morgan fingerprint density at radius 2 is 1.62 bits per heavy atom. The van der Waals surface area contributed by atoms with Crippen molar-refractivity contribution in [2.24, 2.45) is 5.41 Å². The minimum absolute atomic E-state index is 0.142. The maximum absolute atomic E-state index is 9.86. The highest BCUT2D eigenvalue weighted by molar-refractivity contribution is 5.28. The van der Waals surface area contributed by atoms with Crippen molar-refractivity contribution in [3.05, 3.63) is 35.4 Å². The second kappa shape index (κ2) is 6.91. The molecule has 0 aromatic heterocycles. The first-order valence-electron chi connectivity index (χ1n) is 8.11. The van der Waals surface area contributed by atoms with Gasteiger partial charge in [-0.25, -0.2) is 0 Å². The molecule has 1 aliphatic heterocycles. The minimum Gasteiger partial charge on any atom is -0.396 e. The maximum Gasteiger partial charge on any atom is 0.0500 e. The lowest BCUT2D eigenvalue weighted by Crippen LogP contribution is -2.49. The SMILES string of the molecule is CC(C)c1ccc([C@@H](N2CCNCC2)C(C)(C)CO)cc1. The lowest BCUT2D eigenvalue weighted by atomic mass is 9.79. The van der Waals surface area contributed by atoms with Crippen LogP contribution in [-0.4, -0.2) is 42.8 Å².